The van der Waals surface area contributed by atoms with Crippen LogP contribution in [0.4, 0.5) is 5.69 Å². The molecule has 36 heavy (non-hydrogen) atoms. The quantitative estimate of drug-likeness (QED) is 0.308. The highest BCUT2D eigenvalue weighted by Crippen LogP contribution is 2.44. The highest BCUT2D eigenvalue weighted by molar-refractivity contribution is 7.08. The fourth-order valence-electron chi connectivity index (χ4n) is 4.40. The standard InChI is InChI=1S/C29H31NO5S/c1-19(2)17-24(31)26-27(23-7-4-5-8-25(23)35-15-6-14-34-3)30(29(33)28(26)32)22-11-9-20(10-12-22)21-13-16-36-18-21/h4-5,7-13,16,18-19,27,32H,6,14-15,17H2,1-3H3. The van der Waals surface area contributed by atoms with Crippen LogP contribution in [0.5, 0.6) is 5.75 Å². The molecule has 6 nitrogen and oxygen atoms in total. The van der Waals surface area contributed by atoms with Crippen LogP contribution in [0.25, 0.3) is 11.1 Å². The number of carbonyl (C=O) groups excluding carboxylic acids is 2. The second-order valence-electron chi connectivity index (χ2n) is 9.15. The smallest absolute Gasteiger partial charge is 0.294 e. The second-order valence-corrected chi connectivity index (χ2v) is 9.93. The van der Waals surface area contributed by atoms with Crippen molar-refractivity contribution in [1.29, 1.82) is 0 Å². The van der Waals surface area contributed by atoms with Crippen LogP contribution in [0, 0.1) is 5.92 Å². The fourth-order valence-corrected chi connectivity index (χ4v) is 5.06. The summed E-state index contributed by atoms with van der Waals surface area (Å²) in [4.78, 5) is 28.3. The lowest BCUT2D eigenvalue weighted by Gasteiger charge is -2.28. The Morgan fingerprint density at radius 1 is 1.06 bits per heavy atom. The predicted octanol–water partition coefficient (Wildman–Crippen LogP) is 6.35. The molecule has 2 aromatic carbocycles. The van der Waals surface area contributed by atoms with Gasteiger partial charge in [-0.25, -0.2) is 0 Å². The lowest BCUT2D eigenvalue weighted by Crippen LogP contribution is -2.31. The normalized spacial score (nSPS) is 15.7. The van der Waals surface area contributed by atoms with E-state index >= 15 is 0 Å². The fraction of sp³-hybridized carbons (Fsp3) is 0.310. The van der Waals surface area contributed by atoms with E-state index in [0.29, 0.717) is 36.6 Å². The molecule has 7 heteroatoms. The van der Waals surface area contributed by atoms with Gasteiger partial charge in [-0.15, -0.1) is 0 Å². The molecule has 188 valence electrons. The summed E-state index contributed by atoms with van der Waals surface area (Å²) < 4.78 is 11.2. The van der Waals surface area contributed by atoms with Gasteiger partial charge in [0.05, 0.1) is 18.2 Å². The van der Waals surface area contributed by atoms with Crippen molar-refractivity contribution >= 4 is 28.7 Å². The van der Waals surface area contributed by atoms with Crippen LogP contribution < -0.4 is 9.64 Å². The van der Waals surface area contributed by atoms with Crippen LogP contribution in [0.2, 0.25) is 0 Å². The molecule has 1 aromatic heterocycles. The summed E-state index contributed by atoms with van der Waals surface area (Å²) in [5.41, 5.74) is 3.49. The number of Topliss-reactive ketones (excluding diaryl/α,β-unsaturated/α-hetero) is 1. The van der Waals surface area contributed by atoms with E-state index in [1.54, 1.807) is 18.4 Å². The Kier molecular flexibility index (Phi) is 8.23. The first-order valence-electron chi connectivity index (χ1n) is 12.1. The van der Waals surface area contributed by atoms with E-state index in [1.807, 2.05) is 73.8 Å². The van der Waals surface area contributed by atoms with E-state index in [9.17, 15) is 14.7 Å². The number of hydrogen-bond acceptors (Lipinski definition) is 6. The second kappa shape index (κ2) is 11.5. The Morgan fingerprint density at radius 2 is 1.81 bits per heavy atom. The van der Waals surface area contributed by atoms with E-state index in [1.165, 1.54) is 4.90 Å². The van der Waals surface area contributed by atoms with E-state index in [2.05, 4.69) is 5.38 Å². The van der Waals surface area contributed by atoms with Gasteiger partial charge in [-0.2, -0.15) is 11.3 Å². The van der Waals surface area contributed by atoms with Crippen LogP contribution >= 0.6 is 11.3 Å². The van der Waals surface area contributed by atoms with Crippen LogP contribution in [0.15, 0.2) is 76.7 Å². The number of amides is 1. The maximum absolute atomic E-state index is 13.4. The Labute approximate surface area is 215 Å². The highest BCUT2D eigenvalue weighted by Gasteiger charge is 2.45. The number of rotatable bonds is 11. The van der Waals surface area contributed by atoms with Gasteiger partial charge >= 0.3 is 0 Å². The van der Waals surface area contributed by atoms with Crippen LogP contribution in [-0.4, -0.2) is 37.1 Å². The number of anilines is 1. The molecule has 0 fully saturated rings. The summed E-state index contributed by atoms with van der Waals surface area (Å²) in [6.07, 6.45) is 0.924. The van der Waals surface area contributed by atoms with Crippen molar-refractivity contribution in [1.82, 2.24) is 0 Å². The number of hydrogen-bond donors (Lipinski definition) is 1. The number of para-hydroxylation sites is 1. The van der Waals surface area contributed by atoms with Gasteiger partial charge in [-0.05, 0) is 52.1 Å². The minimum atomic E-state index is -0.797. The van der Waals surface area contributed by atoms with E-state index < -0.39 is 17.7 Å². The van der Waals surface area contributed by atoms with Crippen LogP contribution in [0.3, 0.4) is 0 Å². The molecule has 2 heterocycles. The minimum Gasteiger partial charge on any atom is -0.503 e. The number of nitrogens with zero attached hydrogens (tertiary/aromatic N) is 1. The van der Waals surface area contributed by atoms with Gasteiger partial charge in [-0.3, -0.25) is 14.5 Å². The largest absolute Gasteiger partial charge is 0.503 e. The molecule has 1 amide bonds. The average molecular weight is 506 g/mol. The van der Waals surface area contributed by atoms with Crippen molar-refractivity contribution in [2.75, 3.05) is 25.2 Å². The molecule has 1 atom stereocenters. The van der Waals surface area contributed by atoms with Crippen molar-refractivity contribution in [2.24, 2.45) is 5.92 Å². The number of ether oxygens (including phenoxy) is 2. The molecule has 0 bridgehead atoms. The third-order valence-electron chi connectivity index (χ3n) is 6.07. The number of thiophene rings is 1. The maximum atomic E-state index is 13.4. The summed E-state index contributed by atoms with van der Waals surface area (Å²) in [5, 5.41) is 15.0. The van der Waals surface area contributed by atoms with E-state index in [4.69, 9.17) is 9.47 Å². The van der Waals surface area contributed by atoms with Crippen molar-refractivity contribution in [2.45, 2.75) is 32.7 Å². The number of ketones is 1. The third kappa shape index (κ3) is 5.37. The maximum Gasteiger partial charge on any atom is 0.294 e. The molecule has 0 saturated carbocycles. The average Bonchev–Trinajstić information content (AvgIpc) is 3.49. The molecule has 1 aliphatic heterocycles. The first kappa shape index (κ1) is 25.7. The Hall–Kier alpha value is -3.42. The first-order chi connectivity index (χ1) is 17.4. The molecule has 1 N–H and O–H groups in total. The number of aliphatic hydroxyl groups is 1. The molecular formula is C29H31NO5S. The van der Waals surface area contributed by atoms with E-state index in [-0.39, 0.29) is 23.7 Å². The summed E-state index contributed by atoms with van der Waals surface area (Å²) in [5.74, 6) is -0.692. The number of benzene rings is 2. The summed E-state index contributed by atoms with van der Waals surface area (Å²) in [7, 11) is 1.64. The topological polar surface area (TPSA) is 76.1 Å². The zero-order valence-corrected chi connectivity index (χ0v) is 21.6. The summed E-state index contributed by atoms with van der Waals surface area (Å²) in [6.45, 7) is 4.86. The minimum absolute atomic E-state index is 0.0769. The van der Waals surface area contributed by atoms with Gasteiger partial charge in [0.1, 0.15) is 5.75 Å². The SMILES string of the molecule is COCCCOc1ccccc1C1C(C(=O)CC(C)C)=C(O)C(=O)N1c1ccc(-c2ccsc2)cc1. The number of methoxy groups -OCH3 is 1. The van der Waals surface area contributed by atoms with Crippen LogP contribution in [-0.2, 0) is 14.3 Å². The zero-order chi connectivity index (χ0) is 25.7. The van der Waals surface area contributed by atoms with Gasteiger partial charge in [-0.1, -0.05) is 44.2 Å². The van der Waals surface area contributed by atoms with Gasteiger partial charge in [0.2, 0.25) is 0 Å². The summed E-state index contributed by atoms with van der Waals surface area (Å²) in [6, 6.07) is 16.2. The lowest BCUT2D eigenvalue weighted by molar-refractivity contribution is -0.118. The van der Waals surface area contributed by atoms with Gasteiger partial charge in [0.15, 0.2) is 11.5 Å². The Bertz CT molecular complexity index is 1230. The molecular weight excluding hydrogens is 474 g/mol. The molecule has 4 rings (SSSR count). The van der Waals surface area contributed by atoms with Crippen molar-refractivity contribution in [3.8, 4) is 16.9 Å². The molecule has 0 saturated heterocycles. The Balaban J connectivity index is 1.76. The zero-order valence-electron chi connectivity index (χ0n) is 20.8. The van der Waals surface area contributed by atoms with E-state index in [0.717, 1.165) is 11.1 Å². The lowest BCUT2D eigenvalue weighted by atomic mass is 9.91. The molecule has 0 radical (unpaired) electrons. The Morgan fingerprint density at radius 3 is 2.47 bits per heavy atom. The number of aliphatic hydroxyl groups excluding tert-OH is 1. The first-order valence-corrected chi connectivity index (χ1v) is 13.0. The van der Waals surface area contributed by atoms with Crippen molar-refractivity contribution < 1.29 is 24.2 Å². The highest BCUT2D eigenvalue weighted by atomic mass is 32.1. The number of carbonyl (C=O) groups is 2. The molecule has 0 aliphatic carbocycles. The monoisotopic (exact) mass is 505 g/mol. The van der Waals surface area contributed by atoms with Crippen molar-refractivity contribution in [3.05, 3.63) is 82.3 Å². The van der Waals surface area contributed by atoms with Crippen molar-refractivity contribution in [3.63, 3.8) is 0 Å². The predicted molar refractivity (Wildman–Crippen MR) is 143 cm³/mol. The summed E-state index contributed by atoms with van der Waals surface area (Å²) >= 11 is 1.62. The molecule has 1 aliphatic rings. The van der Waals surface area contributed by atoms with Crippen LogP contribution in [0.1, 0.15) is 38.3 Å². The molecule has 1 unspecified atom stereocenters. The van der Waals surface area contributed by atoms with Gasteiger partial charge in [0, 0.05) is 37.8 Å². The van der Waals surface area contributed by atoms with Gasteiger partial charge < -0.3 is 14.6 Å². The van der Waals surface area contributed by atoms with Gasteiger partial charge in [0.25, 0.3) is 5.91 Å². The third-order valence-corrected chi connectivity index (χ3v) is 6.75. The molecule has 0 spiro atoms. The molecule has 3 aromatic rings.